The number of carboxylic acid groups (broad SMARTS) is 2. The largest absolute Gasteiger partial charge is 0.550 e. The van der Waals surface area contributed by atoms with Gasteiger partial charge in [0, 0.05) is 49.5 Å². The number of carbonyl (C=O) groups excluding carboxylic acids is 4. The molecular weight excluding hydrogens is 1000 g/mol. The van der Waals surface area contributed by atoms with E-state index >= 15 is 0 Å². The van der Waals surface area contributed by atoms with E-state index in [2.05, 4.69) is 0 Å². The van der Waals surface area contributed by atoms with Crippen LogP contribution in [0, 0.1) is 17.8 Å². The Bertz CT molecular complexity index is 1980. The lowest BCUT2D eigenvalue weighted by Crippen LogP contribution is -2.61. The second-order valence-electron chi connectivity index (χ2n) is 19.6. The van der Waals surface area contributed by atoms with Crippen molar-refractivity contribution in [2.75, 3.05) is 7.11 Å². The van der Waals surface area contributed by atoms with Gasteiger partial charge in [-0.1, -0.05) is 98.9 Å². The predicted molar refractivity (Wildman–Crippen MR) is 269 cm³/mol. The maximum atomic E-state index is 13.1. The van der Waals surface area contributed by atoms with Gasteiger partial charge in [-0.3, -0.25) is 9.59 Å². The molecule has 0 aliphatic carbocycles. The van der Waals surface area contributed by atoms with Gasteiger partial charge in [0.05, 0.1) is 92.7 Å². The molecule has 0 saturated carbocycles. The van der Waals surface area contributed by atoms with Gasteiger partial charge in [0.1, 0.15) is 18.1 Å². The topological polar surface area (TPSA) is 415 Å². The SMILES string of the molecule is COC(=O)[C@H]1[C@@H]2C[C@@H](O[C@@H]3O[C@H](C)[C@@H](O)[C@H](N)[C@@H]3O)/C=C/C=C/C=C/C=C/C=C/C=C/C=C/[C@H](C)[C@@H](O)[C@@H](C)[C@H](C)OC(=O)C[C@H](O)C[C@H](O)CC[C@@H](O)[C@H](O)C[C@H](O)C[C@](O)(C[C@@H]1O)O2.N[C@@H](CCC(=O)[O-])C(=O)[O-]. The third kappa shape index (κ3) is 24.4. The van der Waals surface area contributed by atoms with E-state index in [-0.39, 0.29) is 44.4 Å². The van der Waals surface area contributed by atoms with Crippen molar-refractivity contribution in [2.24, 2.45) is 29.2 Å². The van der Waals surface area contributed by atoms with Crippen molar-refractivity contribution in [1.29, 1.82) is 0 Å². The Kier molecular flexibility index (Phi) is 30.6. The van der Waals surface area contributed by atoms with Crippen molar-refractivity contribution in [2.45, 2.75) is 195 Å². The van der Waals surface area contributed by atoms with E-state index in [1.54, 1.807) is 75.5 Å². The van der Waals surface area contributed by atoms with Crippen molar-refractivity contribution in [3.05, 3.63) is 85.1 Å². The van der Waals surface area contributed by atoms with Gasteiger partial charge in [0.15, 0.2) is 12.1 Å². The number of nitrogens with two attached hydrogens (primary N) is 2. The first-order valence-electron chi connectivity index (χ1n) is 25.4. The summed E-state index contributed by atoms with van der Waals surface area (Å²) in [6.45, 7) is 6.78. The molecule has 3 heterocycles. The average Bonchev–Trinajstić information content (AvgIpc) is 3.34. The first-order valence-corrected chi connectivity index (χ1v) is 25.4. The minimum absolute atomic E-state index is 0.0949. The standard InChI is InChI=1S/C48H75NO17.C5H9NO4/c1-28-18-16-14-12-10-8-6-7-9-11-13-15-17-19-35(65-47-45(59)42(49)44(58)31(4)64-47)25-39-41(46(60)62-5)38(55)27-48(61,66-39)26-34(52)23-37(54)36(53)21-20-32(50)22-33(51)24-40(56)63-30(3)29(2)43(28)57;6-3(5(9)10)1-2-4(7)8/h6-19,28-39,41-45,47,50-55,57-59,61H,20-27,49H2,1-5H3;3H,1-2,6H2,(H,7,8)(H,9,10)/p-2/b7-6+,10-8+,11-9+,14-12+,15-13+,18-16+,19-17+;/t28-,29-,30-,31+,32+,33+,34-,35-,36+,37+,38-,39-,41+,42-,43+,44+,45-,47-,48+;3-/m00/s1. The summed E-state index contributed by atoms with van der Waals surface area (Å²) in [5.74, 6) is -8.69. The molecule has 2 bridgehead atoms. The third-order valence-corrected chi connectivity index (χ3v) is 13.2. The number of cyclic esters (lactones) is 1. The van der Waals surface area contributed by atoms with Crippen molar-refractivity contribution in [3.63, 3.8) is 0 Å². The Morgan fingerprint density at radius 2 is 1.28 bits per heavy atom. The van der Waals surface area contributed by atoms with Crippen molar-refractivity contribution >= 4 is 23.9 Å². The summed E-state index contributed by atoms with van der Waals surface area (Å²) in [6, 6.07) is -2.34. The number of hydrogen-bond donors (Lipinski definition) is 12. The number of aliphatic hydroxyl groups excluding tert-OH is 9. The highest BCUT2D eigenvalue weighted by atomic mass is 16.7. The van der Waals surface area contributed by atoms with Crippen LogP contribution < -0.4 is 21.7 Å². The van der Waals surface area contributed by atoms with Crippen molar-refractivity contribution < 1.29 is 104 Å². The fourth-order valence-corrected chi connectivity index (χ4v) is 8.48. The van der Waals surface area contributed by atoms with Gasteiger partial charge in [-0.25, -0.2) is 0 Å². The summed E-state index contributed by atoms with van der Waals surface area (Å²) < 4.78 is 28.4. The molecule has 14 N–H and O–H groups in total. The van der Waals surface area contributed by atoms with Gasteiger partial charge in [-0.2, -0.15) is 0 Å². The molecule has 432 valence electrons. The number of hydrogen-bond acceptors (Lipinski definition) is 23. The fraction of sp³-hybridized carbons (Fsp3) is 0.660. The van der Waals surface area contributed by atoms with Crippen LogP contribution in [-0.2, 0) is 42.9 Å². The van der Waals surface area contributed by atoms with Crippen LogP contribution in [0.1, 0.15) is 91.9 Å². The summed E-state index contributed by atoms with van der Waals surface area (Å²) in [5.41, 5.74) is 11.0. The predicted octanol–water partition coefficient (Wildman–Crippen LogP) is -2.61. The Hall–Kier alpha value is -4.54. The summed E-state index contributed by atoms with van der Waals surface area (Å²) in [4.78, 5) is 45.3. The number of carbonyl (C=O) groups is 4. The van der Waals surface area contributed by atoms with E-state index in [0.29, 0.717) is 0 Å². The number of esters is 2. The van der Waals surface area contributed by atoms with Gasteiger partial charge in [0.25, 0.3) is 0 Å². The first kappa shape index (κ1) is 67.6. The molecule has 2 saturated heterocycles. The average molecular weight is 1080 g/mol. The smallest absolute Gasteiger partial charge is 0.313 e. The van der Waals surface area contributed by atoms with Gasteiger partial charge < -0.3 is 106 Å². The lowest BCUT2D eigenvalue weighted by atomic mass is 9.82. The highest BCUT2D eigenvalue weighted by Gasteiger charge is 2.51. The molecule has 0 aromatic rings. The fourth-order valence-electron chi connectivity index (χ4n) is 8.48. The Morgan fingerprint density at radius 1 is 0.711 bits per heavy atom. The second-order valence-corrected chi connectivity index (χ2v) is 19.6. The molecule has 0 aromatic heterocycles. The number of aliphatic hydroxyl groups is 10. The normalized spacial score (nSPS) is 40.7. The Balaban J connectivity index is 0.00000178. The number of allylic oxidation sites excluding steroid dienone is 12. The number of carboxylic acids is 2. The minimum atomic E-state index is -2.27. The van der Waals surface area contributed by atoms with Crippen LogP contribution in [0.2, 0.25) is 0 Å². The van der Waals surface area contributed by atoms with Crippen LogP contribution >= 0.6 is 0 Å². The van der Waals surface area contributed by atoms with Crippen molar-refractivity contribution in [1.82, 2.24) is 0 Å². The molecule has 0 unspecified atom stereocenters. The second kappa shape index (κ2) is 34.4. The summed E-state index contributed by atoms with van der Waals surface area (Å²) in [7, 11) is 1.12. The van der Waals surface area contributed by atoms with Crippen LogP contribution in [0.4, 0.5) is 0 Å². The summed E-state index contributed by atoms with van der Waals surface area (Å²) in [6.07, 6.45) is 4.00. The molecule has 20 atom stereocenters. The molecule has 2 fully saturated rings. The monoisotopic (exact) mass is 1080 g/mol. The molecule has 0 radical (unpaired) electrons. The number of rotatable bonds is 7. The van der Waals surface area contributed by atoms with Crippen molar-refractivity contribution in [3.8, 4) is 0 Å². The van der Waals surface area contributed by atoms with E-state index in [1.807, 2.05) is 37.3 Å². The number of ether oxygens (including phenoxy) is 5. The molecule has 3 aliphatic heterocycles. The number of aliphatic carboxylic acids is 2. The molecule has 3 rings (SSSR count). The Labute approximate surface area is 443 Å². The Morgan fingerprint density at radius 3 is 1.83 bits per heavy atom. The minimum Gasteiger partial charge on any atom is -0.550 e. The zero-order valence-electron chi connectivity index (χ0n) is 43.7. The maximum Gasteiger partial charge on any atom is 0.313 e. The number of fused-ring (bicyclic) bond motifs is 2. The lowest BCUT2D eigenvalue weighted by molar-refractivity contribution is -0.310. The summed E-state index contributed by atoms with van der Waals surface area (Å²) in [5, 5.41) is 128. The lowest BCUT2D eigenvalue weighted by Gasteiger charge is -2.45. The zero-order chi connectivity index (χ0) is 57.3. The molecule has 0 amide bonds. The van der Waals surface area contributed by atoms with Gasteiger partial charge in [-0.05, 0) is 46.0 Å². The van der Waals surface area contributed by atoms with Gasteiger partial charge in [0.2, 0.25) is 0 Å². The molecule has 23 heteroatoms. The van der Waals surface area contributed by atoms with Gasteiger partial charge in [-0.15, -0.1) is 0 Å². The third-order valence-electron chi connectivity index (χ3n) is 13.2. The molecule has 23 nitrogen and oxygen atoms in total. The molecule has 3 aliphatic rings. The number of methoxy groups -OCH3 is 1. The first-order chi connectivity index (χ1) is 35.7. The maximum absolute atomic E-state index is 13.1. The van der Waals surface area contributed by atoms with E-state index in [4.69, 9.17) is 35.2 Å². The highest BCUT2D eigenvalue weighted by molar-refractivity contribution is 5.74. The zero-order valence-corrected chi connectivity index (χ0v) is 43.7. The van der Waals surface area contributed by atoms with Crippen LogP contribution in [0.15, 0.2) is 85.1 Å². The van der Waals surface area contributed by atoms with E-state index in [9.17, 15) is 80.5 Å². The van der Waals surface area contributed by atoms with E-state index in [0.717, 1.165) is 7.11 Å². The molecule has 0 spiro atoms. The quantitative estimate of drug-likeness (QED) is 0.116. The van der Waals surface area contributed by atoms with Crippen LogP contribution in [0.5, 0.6) is 0 Å². The van der Waals surface area contributed by atoms with Crippen LogP contribution in [-0.4, -0.2) is 186 Å². The van der Waals surface area contributed by atoms with E-state index in [1.165, 1.54) is 0 Å². The molecular formula is C53H82N2O21-2. The molecule has 0 aromatic carbocycles. The highest BCUT2D eigenvalue weighted by Crippen LogP contribution is 2.38. The van der Waals surface area contributed by atoms with Crippen LogP contribution in [0.3, 0.4) is 0 Å². The summed E-state index contributed by atoms with van der Waals surface area (Å²) >= 11 is 0. The molecule has 76 heavy (non-hydrogen) atoms. The van der Waals surface area contributed by atoms with Gasteiger partial charge >= 0.3 is 11.9 Å². The van der Waals surface area contributed by atoms with E-state index < -0.39 is 165 Å². The van der Waals surface area contributed by atoms with Crippen LogP contribution in [0.25, 0.3) is 0 Å².